The lowest BCUT2D eigenvalue weighted by Crippen LogP contribution is -2.47. The van der Waals surface area contributed by atoms with Gasteiger partial charge in [-0.2, -0.15) is 0 Å². The second-order valence-electron chi connectivity index (χ2n) is 12.3. The van der Waals surface area contributed by atoms with Crippen LogP contribution in [-0.2, 0) is 11.2 Å². The zero-order valence-electron chi connectivity index (χ0n) is 22.9. The number of aryl methyl sites for hydroxylation is 1. The number of aliphatic hydroxyl groups is 1. The lowest BCUT2D eigenvalue weighted by molar-refractivity contribution is -0.145. The summed E-state index contributed by atoms with van der Waals surface area (Å²) >= 11 is 0. The largest absolute Gasteiger partial charge is 0.480 e. The first-order valence-electron chi connectivity index (χ1n) is 15.0. The third kappa shape index (κ3) is 6.86. The summed E-state index contributed by atoms with van der Waals surface area (Å²) in [7, 11) is 0. The summed E-state index contributed by atoms with van der Waals surface area (Å²) in [5.41, 5.74) is 2.13. The molecule has 3 aliphatic rings. The van der Waals surface area contributed by atoms with Crippen LogP contribution in [0.2, 0.25) is 0 Å². The molecule has 3 fully saturated rings. The van der Waals surface area contributed by atoms with Crippen LogP contribution in [-0.4, -0.2) is 70.3 Å². The van der Waals surface area contributed by atoms with Crippen molar-refractivity contribution in [1.29, 1.82) is 0 Å². The van der Waals surface area contributed by atoms with E-state index in [9.17, 15) is 15.0 Å². The minimum atomic E-state index is -0.636. The van der Waals surface area contributed by atoms with Gasteiger partial charge in [0.2, 0.25) is 0 Å². The summed E-state index contributed by atoms with van der Waals surface area (Å²) in [5.74, 6) is 0.403. The monoisotopic (exact) mass is 518 g/mol. The van der Waals surface area contributed by atoms with Crippen molar-refractivity contribution in [2.75, 3.05) is 32.7 Å². The van der Waals surface area contributed by atoms with E-state index < -0.39 is 11.6 Å². The first-order chi connectivity index (χ1) is 18.5. The minimum absolute atomic E-state index is 0.275. The molecular formula is C33H46N2O3. The van der Waals surface area contributed by atoms with Crippen LogP contribution in [0, 0.1) is 11.8 Å². The fraction of sp³-hybridized carbons (Fsp3) is 0.606. The van der Waals surface area contributed by atoms with Crippen molar-refractivity contribution >= 4 is 5.97 Å². The molecule has 0 spiro atoms. The number of hydrogen-bond acceptors (Lipinski definition) is 4. The Morgan fingerprint density at radius 1 is 0.921 bits per heavy atom. The SMILES string of the molecule is O=C(O)[C@@H](C1CCCCC1)N1C[C@H](CN2CCC(O)(CCCc3ccccc3)CC2)[C@@H](c2ccccc2)C1. The van der Waals surface area contributed by atoms with E-state index in [2.05, 4.69) is 70.5 Å². The molecule has 1 saturated carbocycles. The Bertz CT molecular complexity index is 999. The van der Waals surface area contributed by atoms with Gasteiger partial charge < -0.3 is 15.1 Å². The molecule has 5 heteroatoms. The summed E-state index contributed by atoms with van der Waals surface area (Å²) < 4.78 is 0. The molecule has 2 aliphatic heterocycles. The van der Waals surface area contributed by atoms with Crippen LogP contribution in [0.3, 0.4) is 0 Å². The predicted octanol–water partition coefficient (Wildman–Crippen LogP) is 5.59. The van der Waals surface area contributed by atoms with Crippen LogP contribution in [0.5, 0.6) is 0 Å². The molecule has 0 bridgehead atoms. The number of carboxylic acids is 1. The normalized spacial score (nSPS) is 25.8. The van der Waals surface area contributed by atoms with Gasteiger partial charge in [-0.25, -0.2) is 0 Å². The van der Waals surface area contributed by atoms with Crippen molar-refractivity contribution < 1.29 is 15.0 Å². The Balaban J connectivity index is 1.20. The third-order valence-corrected chi connectivity index (χ3v) is 9.67. The number of carbonyl (C=O) groups is 1. The number of carboxylic acid groups (broad SMARTS) is 1. The van der Waals surface area contributed by atoms with E-state index in [1.54, 1.807) is 0 Å². The van der Waals surface area contributed by atoms with Gasteiger partial charge in [0.1, 0.15) is 6.04 Å². The Morgan fingerprint density at radius 2 is 1.58 bits per heavy atom. The van der Waals surface area contributed by atoms with Gasteiger partial charge >= 0.3 is 5.97 Å². The van der Waals surface area contributed by atoms with Gasteiger partial charge in [0, 0.05) is 38.6 Å². The van der Waals surface area contributed by atoms with Crippen molar-refractivity contribution in [3.8, 4) is 0 Å². The summed E-state index contributed by atoms with van der Waals surface area (Å²) in [6.07, 6.45) is 10.2. The highest BCUT2D eigenvalue weighted by atomic mass is 16.4. The number of benzene rings is 2. The first kappa shape index (κ1) is 27.4. The van der Waals surface area contributed by atoms with Crippen molar-refractivity contribution in [3.63, 3.8) is 0 Å². The summed E-state index contributed by atoms with van der Waals surface area (Å²) in [6, 6.07) is 20.9. The molecule has 206 valence electrons. The van der Waals surface area contributed by atoms with Crippen molar-refractivity contribution in [2.24, 2.45) is 11.8 Å². The molecule has 38 heavy (non-hydrogen) atoms. The van der Waals surface area contributed by atoms with Crippen LogP contribution in [0.25, 0.3) is 0 Å². The Labute approximate surface area is 228 Å². The van der Waals surface area contributed by atoms with Crippen molar-refractivity contribution in [1.82, 2.24) is 9.80 Å². The topological polar surface area (TPSA) is 64.0 Å². The smallest absolute Gasteiger partial charge is 0.321 e. The lowest BCUT2D eigenvalue weighted by atomic mass is 9.83. The molecule has 0 radical (unpaired) electrons. The van der Waals surface area contributed by atoms with Gasteiger partial charge in [-0.05, 0) is 67.9 Å². The third-order valence-electron chi connectivity index (χ3n) is 9.67. The van der Waals surface area contributed by atoms with Gasteiger partial charge in [0.05, 0.1) is 5.60 Å². The number of piperidine rings is 1. The second kappa shape index (κ2) is 12.8. The van der Waals surface area contributed by atoms with Crippen LogP contribution < -0.4 is 0 Å². The average Bonchev–Trinajstić information content (AvgIpc) is 3.34. The molecule has 0 amide bonds. The quantitative estimate of drug-likeness (QED) is 0.430. The van der Waals surface area contributed by atoms with Gasteiger partial charge in [-0.3, -0.25) is 9.69 Å². The van der Waals surface area contributed by atoms with Gasteiger partial charge in [0.25, 0.3) is 0 Å². The molecule has 2 heterocycles. The Kier molecular flexibility index (Phi) is 9.19. The molecular weight excluding hydrogens is 472 g/mol. The minimum Gasteiger partial charge on any atom is -0.480 e. The highest BCUT2D eigenvalue weighted by molar-refractivity contribution is 5.74. The maximum absolute atomic E-state index is 12.5. The van der Waals surface area contributed by atoms with E-state index in [1.807, 2.05) is 0 Å². The van der Waals surface area contributed by atoms with Crippen LogP contribution in [0.15, 0.2) is 60.7 Å². The van der Waals surface area contributed by atoms with Gasteiger partial charge in [-0.15, -0.1) is 0 Å². The number of hydrogen-bond donors (Lipinski definition) is 2. The van der Waals surface area contributed by atoms with E-state index in [0.717, 1.165) is 90.5 Å². The van der Waals surface area contributed by atoms with E-state index in [0.29, 0.717) is 11.8 Å². The van der Waals surface area contributed by atoms with Gasteiger partial charge in [-0.1, -0.05) is 79.9 Å². The summed E-state index contributed by atoms with van der Waals surface area (Å²) in [6.45, 7) is 4.51. The number of rotatable bonds is 10. The molecule has 2 aromatic rings. The van der Waals surface area contributed by atoms with Crippen LogP contribution >= 0.6 is 0 Å². The highest BCUT2D eigenvalue weighted by Gasteiger charge is 2.43. The Hall–Kier alpha value is -2.21. The van der Waals surface area contributed by atoms with E-state index in [4.69, 9.17) is 0 Å². The molecule has 5 nitrogen and oxygen atoms in total. The van der Waals surface area contributed by atoms with E-state index in [1.165, 1.54) is 17.5 Å². The molecule has 0 unspecified atom stereocenters. The van der Waals surface area contributed by atoms with Crippen LogP contribution in [0.4, 0.5) is 0 Å². The second-order valence-corrected chi connectivity index (χ2v) is 12.3. The fourth-order valence-corrected chi connectivity index (χ4v) is 7.50. The fourth-order valence-electron chi connectivity index (χ4n) is 7.50. The number of aliphatic carboxylic acids is 1. The standard InChI is InChI=1S/C33H46N2O3/c36-32(37)31(28-16-8-3-9-17-28)35-24-29(30(25-35)27-14-6-2-7-15-27)23-34-21-19-33(38,20-22-34)18-10-13-26-11-4-1-5-12-26/h1-2,4-7,11-12,14-15,28-31,38H,3,8-10,13,16-25H2,(H,36,37)/t29-,30+,31+/m0/s1. The molecule has 2 saturated heterocycles. The zero-order valence-corrected chi connectivity index (χ0v) is 22.9. The number of nitrogens with zero attached hydrogens (tertiary/aromatic N) is 2. The summed E-state index contributed by atoms with van der Waals surface area (Å²) in [4.78, 5) is 17.3. The van der Waals surface area contributed by atoms with Gasteiger partial charge in [0.15, 0.2) is 0 Å². The predicted molar refractivity (Wildman–Crippen MR) is 152 cm³/mol. The van der Waals surface area contributed by atoms with Crippen molar-refractivity contribution in [3.05, 3.63) is 71.8 Å². The first-order valence-corrected chi connectivity index (χ1v) is 15.0. The average molecular weight is 519 g/mol. The molecule has 1 aliphatic carbocycles. The maximum Gasteiger partial charge on any atom is 0.321 e. The highest BCUT2D eigenvalue weighted by Crippen LogP contribution is 2.39. The Morgan fingerprint density at radius 3 is 2.24 bits per heavy atom. The number of likely N-dealkylation sites (tertiary alicyclic amines) is 2. The van der Waals surface area contributed by atoms with E-state index >= 15 is 0 Å². The lowest BCUT2D eigenvalue weighted by Gasteiger charge is -2.40. The maximum atomic E-state index is 12.5. The molecule has 2 aromatic carbocycles. The summed E-state index contributed by atoms with van der Waals surface area (Å²) in [5, 5.41) is 21.5. The van der Waals surface area contributed by atoms with Crippen LogP contribution in [0.1, 0.15) is 74.8 Å². The molecule has 5 rings (SSSR count). The van der Waals surface area contributed by atoms with E-state index in [-0.39, 0.29) is 12.0 Å². The molecule has 0 aromatic heterocycles. The zero-order chi connectivity index (χ0) is 26.4. The van der Waals surface area contributed by atoms with Crippen molar-refractivity contribution in [2.45, 2.75) is 81.8 Å². The molecule has 2 N–H and O–H groups in total. The molecule has 3 atom stereocenters.